The van der Waals surface area contributed by atoms with E-state index in [-0.39, 0.29) is 48.1 Å². The second kappa shape index (κ2) is 13.3. The number of nitrogens with one attached hydrogen (secondary N) is 2. The van der Waals surface area contributed by atoms with Gasteiger partial charge in [0.15, 0.2) is 17.5 Å². The normalized spacial score (nSPS) is 12.1. The molecule has 5 nitrogen and oxygen atoms in total. The summed E-state index contributed by atoms with van der Waals surface area (Å²) < 4.78 is 19.2. The summed E-state index contributed by atoms with van der Waals surface area (Å²) in [5.41, 5.74) is 1.83. The first kappa shape index (κ1) is 24.2. The van der Waals surface area contributed by atoms with Gasteiger partial charge < -0.3 is 20.5 Å². The number of halogens is 2. The van der Waals surface area contributed by atoms with Crippen molar-refractivity contribution < 1.29 is 14.2 Å². The van der Waals surface area contributed by atoms with Crippen LogP contribution in [0.3, 0.4) is 0 Å². The Morgan fingerprint density at radius 1 is 1.14 bits per heavy atom. The first-order chi connectivity index (χ1) is 13.2. The number of benzene rings is 2. The van der Waals surface area contributed by atoms with Crippen LogP contribution in [0.5, 0.6) is 5.75 Å². The Morgan fingerprint density at radius 2 is 1.89 bits per heavy atom. The molecule has 0 heterocycles. The van der Waals surface area contributed by atoms with Gasteiger partial charge in [-0.25, -0.2) is 9.38 Å². The fraction of sp³-hybridized carbons (Fsp3) is 0.381. The molecule has 0 amide bonds. The maximum atomic E-state index is 14.0. The quantitative estimate of drug-likeness (QED) is 0.279. The molecule has 0 aliphatic rings. The standard InChI is InChI=1S/C21H28FN3O2.HI/c1-3-23-21(25-14-18(15-26)17-8-6-5-7-9-17)24-13-16-10-11-20(27-4-2)19(22)12-16;/h5-12,18,26H,3-4,13-15H2,1-2H3,(H2,23,24,25);1H. The Hall–Kier alpha value is -1.87. The van der Waals surface area contributed by atoms with Gasteiger partial charge in [-0.05, 0) is 37.1 Å². The van der Waals surface area contributed by atoms with Crippen LogP contribution in [0.25, 0.3) is 0 Å². The molecule has 28 heavy (non-hydrogen) atoms. The van der Waals surface area contributed by atoms with Crippen LogP contribution < -0.4 is 15.4 Å². The smallest absolute Gasteiger partial charge is 0.191 e. The van der Waals surface area contributed by atoms with Gasteiger partial charge >= 0.3 is 0 Å². The molecule has 0 aliphatic heterocycles. The van der Waals surface area contributed by atoms with Gasteiger partial charge in [-0.1, -0.05) is 36.4 Å². The molecule has 0 aliphatic carbocycles. The summed E-state index contributed by atoms with van der Waals surface area (Å²) in [6.45, 7) is 5.86. The highest BCUT2D eigenvalue weighted by atomic mass is 127. The molecule has 2 aromatic rings. The molecule has 0 radical (unpaired) electrons. The van der Waals surface area contributed by atoms with E-state index in [0.717, 1.165) is 11.1 Å². The van der Waals surface area contributed by atoms with Crippen LogP contribution in [0, 0.1) is 5.82 Å². The van der Waals surface area contributed by atoms with E-state index in [0.29, 0.717) is 32.2 Å². The van der Waals surface area contributed by atoms with Crippen molar-refractivity contribution in [2.24, 2.45) is 4.99 Å². The van der Waals surface area contributed by atoms with E-state index >= 15 is 0 Å². The number of aliphatic hydroxyl groups is 1. The molecular formula is C21H29FIN3O2. The van der Waals surface area contributed by atoms with E-state index in [1.807, 2.05) is 50.2 Å². The molecule has 2 aromatic carbocycles. The first-order valence-corrected chi connectivity index (χ1v) is 9.27. The lowest BCUT2D eigenvalue weighted by Gasteiger charge is -2.18. The third-order valence-corrected chi connectivity index (χ3v) is 4.07. The Kier molecular flexibility index (Phi) is 11.5. The Bertz CT molecular complexity index is 729. The molecule has 0 saturated carbocycles. The van der Waals surface area contributed by atoms with Gasteiger partial charge in [0.25, 0.3) is 0 Å². The number of rotatable bonds is 9. The summed E-state index contributed by atoms with van der Waals surface area (Å²) in [4.78, 5) is 4.51. The molecule has 0 spiro atoms. The third-order valence-electron chi connectivity index (χ3n) is 4.07. The van der Waals surface area contributed by atoms with Crippen molar-refractivity contribution in [1.29, 1.82) is 0 Å². The van der Waals surface area contributed by atoms with Crippen LogP contribution in [0.1, 0.15) is 30.9 Å². The van der Waals surface area contributed by atoms with Crippen molar-refractivity contribution in [2.75, 3.05) is 26.3 Å². The topological polar surface area (TPSA) is 65.9 Å². The summed E-state index contributed by atoms with van der Waals surface area (Å²) in [5, 5.41) is 16.1. The van der Waals surface area contributed by atoms with Gasteiger partial charge in [-0.2, -0.15) is 0 Å². The van der Waals surface area contributed by atoms with Crippen LogP contribution in [-0.4, -0.2) is 37.4 Å². The second-order valence-electron chi connectivity index (χ2n) is 6.06. The summed E-state index contributed by atoms with van der Waals surface area (Å²) in [7, 11) is 0. The molecule has 2 rings (SSSR count). The van der Waals surface area contributed by atoms with Crippen molar-refractivity contribution in [3.8, 4) is 5.75 Å². The number of aliphatic hydroxyl groups excluding tert-OH is 1. The van der Waals surface area contributed by atoms with Gasteiger partial charge in [0.2, 0.25) is 0 Å². The van der Waals surface area contributed by atoms with E-state index in [1.54, 1.807) is 6.07 Å². The summed E-state index contributed by atoms with van der Waals surface area (Å²) in [6, 6.07) is 14.7. The minimum absolute atomic E-state index is 0. The van der Waals surface area contributed by atoms with E-state index < -0.39 is 0 Å². The Balaban J connectivity index is 0.00000392. The highest BCUT2D eigenvalue weighted by molar-refractivity contribution is 14.0. The number of nitrogens with zero attached hydrogens (tertiary/aromatic N) is 1. The van der Waals surface area contributed by atoms with Gasteiger partial charge in [-0.3, -0.25) is 0 Å². The molecule has 1 atom stereocenters. The molecule has 1 unspecified atom stereocenters. The zero-order valence-electron chi connectivity index (χ0n) is 16.3. The van der Waals surface area contributed by atoms with Crippen LogP contribution in [-0.2, 0) is 6.54 Å². The molecule has 3 N–H and O–H groups in total. The van der Waals surface area contributed by atoms with Crippen molar-refractivity contribution in [3.05, 3.63) is 65.5 Å². The van der Waals surface area contributed by atoms with Crippen LogP contribution >= 0.6 is 24.0 Å². The largest absolute Gasteiger partial charge is 0.491 e. The Labute approximate surface area is 183 Å². The molecule has 0 aromatic heterocycles. The highest BCUT2D eigenvalue weighted by Gasteiger charge is 2.11. The average Bonchev–Trinajstić information content (AvgIpc) is 2.69. The maximum absolute atomic E-state index is 14.0. The molecule has 0 bridgehead atoms. The fourth-order valence-electron chi connectivity index (χ4n) is 2.66. The predicted octanol–water partition coefficient (Wildman–Crippen LogP) is 3.67. The van der Waals surface area contributed by atoms with E-state index in [4.69, 9.17) is 4.74 Å². The Morgan fingerprint density at radius 3 is 2.50 bits per heavy atom. The van der Waals surface area contributed by atoms with E-state index in [2.05, 4.69) is 15.6 Å². The van der Waals surface area contributed by atoms with Crippen molar-refractivity contribution in [2.45, 2.75) is 26.3 Å². The van der Waals surface area contributed by atoms with E-state index in [9.17, 15) is 9.50 Å². The van der Waals surface area contributed by atoms with Crippen molar-refractivity contribution in [1.82, 2.24) is 10.6 Å². The monoisotopic (exact) mass is 501 g/mol. The van der Waals surface area contributed by atoms with Gasteiger partial charge in [0.1, 0.15) is 0 Å². The van der Waals surface area contributed by atoms with E-state index in [1.165, 1.54) is 6.07 Å². The SMILES string of the molecule is CCNC(=NCc1ccc(OCC)c(F)c1)NCC(CO)c1ccccc1.I. The number of hydrogen-bond acceptors (Lipinski definition) is 3. The molecular weight excluding hydrogens is 472 g/mol. The van der Waals surface area contributed by atoms with Crippen molar-refractivity contribution in [3.63, 3.8) is 0 Å². The summed E-state index contributed by atoms with van der Waals surface area (Å²) >= 11 is 0. The predicted molar refractivity (Wildman–Crippen MR) is 122 cm³/mol. The lowest BCUT2D eigenvalue weighted by molar-refractivity contribution is 0.265. The molecule has 154 valence electrons. The molecule has 7 heteroatoms. The number of hydrogen-bond donors (Lipinski definition) is 3. The average molecular weight is 501 g/mol. The zero-order valence-corrected chi connectivity index (χ0v) is 18.7. The first-order valence-electron chi connectivity index (χ1n) is 9.27. The molecule has 0 saturated heterocycles. The third kappa shape index (κ3) is 7.63. The van der Waals surface area contributed by atoms with Gasteiger partial charge in [0, 0.05) is 19.0 Å². The zero-order chi connectivity index (χ0) is 19.5. The summed E-state index contributed by atoms with van der Waals surface area (Å²) in [5.74, 6) is 0.468. The number of guanidine groups is 1. The lowest BCUT2D eigenvalue weighted by Crippen LogP contribution is -2.39. The maximum Gasteiger partial charge on any atom is 0.191 e. The van der Waals surface area contributed by atoms with Crippen LogP contribution in [0.4, 0.5) is 4.39 Å². The lowest BCUT2D eigenvalue weighted by atomic mass is 10.0. The minimum Gasteiger partial charge on any atom is -0.491 e. The van der Waals surface area contributed by atoms with Crippen LogP contribution in [0.2, 0.25) is 0 Å². The second-order valence-corrected chi connectivity index (χ2v) is 6.06. The van der Waals surface area contributed by atoms with Crippen molar-refractivity contribution >= 4 is 29.9 Å². The number of ether oxygens (including phenoxy) is 1. The highest BCUT2D eigenvalue weighted by Crippen LogP contribution is 2.19. The minimum atomic E-state index is -0.382. The van der Waals surface area contributed by atoms with Gasteiger partial charge in [0.05, 0.1) is 19.8 Å². The number of aliphatic imine (C=N–C) groups is 1. The molecule has 0 fully saturated rings. The summed E-state index contributed by atoms with van der Waals surface area (Å²) in [6.07, 6.45) is 0. The fourth-order valence-corrected chi connectivity index (χ4v) is 2.66. The van der Waals surface area contributed by atoms with Crippen LogP contribution in [0.15, 0.2) is 53.5 Å². The van der Waals surface area contributed by atoms with Gasteiger partial charge in [-0.15, -0.1) is 24.0 Å².